The van der Waals surface area contributed by atoms with Crippen molar-refractivity contribution in [3.8, 4) is 0 Å². The van der Waals surface area contributed by atoms with Crippen LogP contribution in [0.3, 0.4) is 0 Å². The molecule has 46 heavy (non-hydrogen) atoms. The van der Waals surface area contributed by atoms with Crippen LogP contribution in [-0.4, -0.2) is 152 Å². The van der Waals surface area contributed by atoms with Crippen LogP contribution in [0.15, 0.2) is 0 Å². The van der Waals surface area contributed by atoms with Crippen molar-refractivity contribution in [2.45, 2.75) is 163 Å². The highest BCUT2D eigenvalue weighted by Gasteiger charge is 2.84. The molecule has 5 unspecified atom stereocenters. The summed E-state index contributed by atoms with van der Waals surface area (Å²) < 4.78 is 11.5. The van der Waals surface area contributed by atoms with Gasteiger partial charge < -0.3 is 70.8 Å². The molecular weight excluding hydrogens is 608 g/mol. The minimum atomic E-state index is -2.46. The lowest BCUT2D eigenvalue weighted by Crippen LogP contribution is -2.88. The fourth-order valence-electron chi connectivity index (χ4n) is 10.7. The van der Waals surface area contributed by atoms with Crippen molar-refractivity contribution in [3.05, 3.63) is 0 Å². The standard InChI is InChI=1S/C32H56O14/c1-5-15(45-27-23(38)22(37)21(36)18(13-33)46-27)7-6-14(2)16-12-20(35)32(44)28(16,3)11-9-19-29(4)10-8-17(34)24(39)31(29,43)26(41)25(40)30(19,32)42/h14-27,33-44H,5-13H2,1-4H3/t14-,15+,16-,17?,18+,19-,20?,21+,22-,23+,24?,25?,26?,27+,28-,29-,30-,31+,32+/m1/s1. The van der Waals surface area contributed by atoms with E-state index in [1.807, 2.05) is 13.8 Å². The average molecular weight is 665 g/mol. The zero-order valence-corrected chi connectivity index (χ0v) is 27.1. The summed E-state index contributed by atoms with van der Waals surface area (Å²) in [6.45, 7) is 6.59. The van der Waals surface area contributed by atoms with Gasteiger partial charge in [-0.1, -0.05) is 27.7 Å². The monoisotopic (exact) mass is 664 g/mol. The second kappa shape index (κ2) is 12.3. The maximum atomic E-state index is 12.6. The molecule has 4 saturated carbocycles. The van der Waals surface area contributed by atoms with E-state index in [-0.39, 0.29) is 37.5 Å². The van der Waals surface area contributed by atoms with E-state index in [9.17, 15) is 61.3 Å². The van der Waals surface area contributed by atoms with E-state index in [2.05, 4.69) is 0 Å². The first-order chi connectivity index (χ1) is 21.3. The third-order valence-electron chi connectivity index (χ3n) is 13.7. The first-order valence-electron chi connectivity index (χ1n) is 16.9. The molecule has 14 nitrogen and oxygen atoms in total. The number of fused-ring (bicyclic) bond motifs is 5. The molecule has 0 radical (unpaired) electrons. The van der Waals surface area contributed by atoms with Gasteiger partial charge in [0.15, 0.2) is 6.29 Å². The van der Waals surface area contributed by atoms with Crippen LogP contribution in [0.1, 0.15) is 79.1 Å². The predicted octanol–water partition coefficient (Wildman–Crippen LogP) is -2.75. The van der Waals surface area contributed by atoms with Gasteiger partial charge >= 0.3 is 0 Å². The lowest BCUT2D eigenvalue weighted by Gasteiger charge is -2.72. The van der Waals surface area contributed by atoms with Crippen LogP contribution in [0.4, 0.5) is 0 Å². The van der Waals surface area contributed by atoms with E-state index >= 15 is 0 Å². The van der Waals surface area contributed by atoms with E-state index in [1.54, 1.807) is 13.8 Å². The van der Waals surface area contributed by atoms with Gasteiger partial charge in [0.1, 0.15) is 59.5 Å². The summed E-state index contributed by atoms with van der Waals surface area (Å²) in [6, 6.07) is 0. The van der Waals surface area contributed by atoms with Crippen molar-refractivity contribution in [3.63, 3.8) is 0 Å². The summed E-state index contributed by atoms with van der Waals surface area (Å²) >= 11 is 0. The quantitative estimate of drug-likeness (QED) is 0.126. The highest BCUT2D eigenvalue weighted by Crippen LogP contribution is 2.72. The Morgan fingerprint density at radius 3 is 2.00 bits per heavy atom. The Hall–Kier alpha value is -0.560. The van der Waals surface area contributed by atoms with Crippen LogP contribution in [0.5, 0.6) is 0 Å². The molecule has 5 aliphatic rings. The number of aliphatic hydroxyl groups is 12. The van der Waals surface area contributed by atoms with Crippen molar-refractivity contribution in [2.75, 3.05) is 6.61 Å². The van der Waals surface area contributed by atoms with E-state index in [1.165, 1.54) is 0 Å². The topological polar surface area (TPSA) is 261 Å². The Kier molecular flexibility index (Phi) is 9.85. The van der Waals surface area contributed by atoms with E-state index < -0.39 is 107 Å². The fraction of sp³-hybridized carbons (Fsp3) is 1.00. The third kappa shape index (κ3) is 4.67. The van der Waals surface area contributed by atoms with Crippen molar-refractivity contribution in [2.24, 2.45) is 28.6 Å². The summed E-state index contributed by atoms with van der Waals surface area (Å²) in [6.07, 6.45) is -14.2. The summed E-state index contributed by atoms with van der Waals surface area (Å²) in [7, 11) is 0. The summed E-state index contributed by atoms with van der Waals surface area (Å²) in [4.78, 5) is 0. The molecule has 1 aliphatic heterocycles. The van der Waals surface area contributed by atoms with Gasteiger partial charge in [0.05, 0.1) is 24.9 Å². The van der Waals surface area contributed by atoms with Crippen LogP contribution in [0.2, 0.25) is 0 Å². The minimum absolute atomic E-state index is 0.0665. The molecule has 14 heteroatoms. The molecular formula is C32H56O14. The average Bonchev–Trinajstić information content (AvgIpc) is 3.24. The van der Waals surface area contributed by atoms with Crippen molar-refractivity contribution >= 4 is 0 Å². The van der Waals surface area contributed by atoms with Crippen LogP contribution < -0.4 is 0 Å². The Morgan fingerprint density at radius 1 is 0.783 bits per heavy atom. The molecule has 1 heterocycles. The highest BCUT2D eigenvalue weighted by atomic mass is 16.7. The van der Waals surface area contributed by atoms with Crippen LogP contribution in [-0.2, 0) is 9.47 Å². The molecule has 0 aromatic rings. The molecule has 19 atom stereocenters. The number of ether oxygens (including phenoxy) is 2. The zero-order chi connectivity index (χ0) is 34.4. The van der Waals surface area contributed by atoms with E-state index in [4.69, 9.17) is 9.47 Å². The molecule has 12 N–H and O–H groups in total. The number of hydrogen-bond acceptors (Lipinski definition) is 14. The zero-order valence-electron chi connectivity index (χ0n) is 27.1. The normalized spacial score (nSPS) is 56.9. The maximum Gasteiger partial charge on any atom is 0.186 e. The van der Waals surface area contributed by atoms with E-state index in [0.29, 0.717) is 25.7 Å². The van der Waals surface area contributed by atoms with Gasteiger partial charge in [0, 0.05) is 16.7 Å². The highest BCUT2D eigenvalue weighted by molar-refractivity contribution is 5.33. The Bertz CT molecular complexity index is 1100. The molecule has 0 amide bonds. The first-order valence-corrected chi connectivity index (χ1v) is 16.9. The lowest BCUT2D eigenvalue weighted by atomic mass is 9.38. The van der Waals surface area contributed by atoms with Gasteiger partial charge in [-0.25, -0.2) is 0 Å². The number of rotatable bonds is 8. The van der Waals surface area contributed by atoms with Crippen LogP contribution in [0.25, 0.3) is 0 Å². The number of aliphatic hydroxyl groups excluding tert-OH is 9. The molecule has 268 valence electrons. The van der Waals surface area contributed by atoms with Crippen molar-refractivity contribution in [1.82, 2.24) is 0 Å². The van der Waals surface area contributed by atoms with Gasteiger partial charge in [0.2, 0.25) is 0 Å². The Balaban J connectivity index is 1.36. The largest absolute Gasteiger partial charge is 0.394 e. The van der Waals surface area contributed by atoms with Crippen molar-refractivity contribution < 1.29 is 70.8 Å². The van der Waals surface area contributed by atoms with Crippen LogP contribution >= 0.6 is 0 Å². The molecule has 0 aromatic carbocycles. The van der Waals surface area contributed by atoms with E-state index in [0.717, 1.165) is 0 Å². The molecule has 5 fully saturated rings. The molecule has 0 spiro atoms. The summed E-state index contributed by atoms with van der Waals surface area (Å²) in [5, 5.41) is 133. The Morgan fingerprint density at radius 2 is 1.39 bits per heavy atom. The smallest absolute Gasteiger partial charge is 0.186 e. The van der Waals surface area contributed by atoms with Gasteiger partial charge in [-0.15, -0.1) is 0 Å². The molecule has 5 rings (SSSR count). The second-order valence-electron chi connectivity index (χ2n) is 15.6. The minimum Gasteiger partial charge on any atom is -0.394 e. The molecule has 0 aromatic heterocycles. The predicted molar refractivity (Wildman–Crippen MR) is 158 cm³/mol. The molecule has 1 saturated heterocycles. The maximum absolute atomic E-state index is 12.6. The number of hydrogen-bond donors (Lipinski definition) is 12. The first kappa shape index (κ1) is 36.7. The Labute approximate surface area is 269 Å². The van der Waals surface area contributed by atoms with Gasteiger partial charge in [-0.05, 0) is 63.2 Å². The molecule has 0 bridgehead atoms. The summed E-state index contributed by atoms with van der Waals surface area (Å²) in [5.74, 6) is -1.56. The van der Waals surface area contributed by atoms with Crippen molar-refractivity contribution in [1.29, 1.82) is 0 Å². The summed E-state index contributed by atoms with van der Waals surface area (Å²) in [5.41, 5.74) is -9.71. The third-order valence-corrected chi connectivity index (χ3v) is 13.7. The van der Waals surface area contributed by atoms with Gasteiger partial charge in [-0.2, -0.15) is 0 Å². The van der Waals surface area contributed by atoms with Gasteiger partial charge in [0.25, 0.3) is 0 Å². The SMILES string of the molecule is CC[C@@H](CC[C@@H](C)[C@H]1CC(O)[C@]2(O)[C@]1(C)CC[C@@H]1[C@@]3(C)CCC(O)C(O)[C@]3(O)C(O)C(O)[C@]12O)O[C@H]1O[C@@H](CO)[C@H](O)[C@@H](O)[C@@H]1O. The second-order valence-corrected chi connectivity index (χ2v) is 15.6. The van der Waals surface area contributed by atoms with Gasteiger partial charge in [-0.3, -0.25) is 0 Å². The van der Waals surface area contributed by atoms with Crippen LogP contribution in [0, 0.1) is 28.6 Å². The molecule has 4 aliphatic carbocycles. The lowest BCUT2D eigenvalue weighted by molar-refractivity contribution is -0.401. The fourth-order valence-corrected chi connectivity index (χ4v) is 10.7.